The van der Waals surface area contributed by atoms with Crippen molar-refractivity contribution < 1.29 is 9.90 Å². The Labute approximate surface area is 178 Å². The van der Waals surface area contributed by atoms with Crippen molar-refractivity contribution in [3.8, 4) is 11.1 Å². The van der Waals surface area contributed by atoms with Gasteiger partial charge in [-0.1, -0.05) is 22.2 Å². The predicted molar refractivity (Wildman–Crippen MR) is 116 cm³/mol. The highest BCUT2D eigenvalue weighted by molar-refractivity contribution is 7.12. The summed E-state index contributed by atoms with van der Waals surface area (Å²) in [5.41, 5.74) is 2.59. The number of hydrogen-bond acceptors (Lipinski definition) is 5. The molecule has 5 rings (SSSR count). The summed E-state index contributed by atoms with van der Waals surface area (Å²) in [5.74, 6) is -1.13. The zero-order chi connectivity index (χ0) is 20.8. The summed E-state index contributed by atoms with van der Waals surface area (Å²) < 4.78 is 6.59. The minimum absolute atomic E-state index is 0.0282. The number of nitrogens with one attached hydrogen (secondary N) is 1. The average Bonchev–Trinajstić information content (AvgIpc) is 3.30. The van der Waals surface area contributed by atoms with Crippen LogP contribution in [0.25, 0.3) is 32.2 Å². The number of aromatic nitrogens is 4. The van der Waals surface area contributed by atoms with Crippen molar-refractivity contribution >= 4 is 50.2 Å². The van der Waals surface area contributed by atoms with Gasteiger partial charge in [0, 0.05) is 39.8 Å². The Balaban J connectivity index is 1.81. The third-order valence-corrected chi connectivity index (χ3v) is 5.91. The van der Waals surface area contributed by atoms with Crippen molar-refractivity contribution in [2.24, 2.45) is 0 Å². The first-order chi connectivity index (χ1) is 14.5. The number of rotatable bonds is 4. The van der Waals surface area contributed by atoms with Crippen LogP contribution in [0.5, 0.6) is 0 Å². The Morgan fingerprint density at radius 1 is 1.20 bits per heavy atom. The van der Waals surface area contributed by atoms with Crippen LogP contribution in [0.3, 0.4) is 0 Å². The highest BCUT2D eigenvalue weighted by Crippen LogP contribution is 2.36. The topological polar surface area (TPSA) is 101 Å². The fourth-order valence-corrected chi connectivity index (χ4v) is 4.42. The van der Waals surface area contributed by atoms with E-state index >= 15 is 0 Å². The van der Waals surface area contributed by atoms with Gasteiger partial charge in [-0.15, -0.1) is 5.10 Å². The first kappa shape index (κ1) is 18.5. The molecule has 148 valence electrons. The fourth-order valence-electron chi connectivity index (χ4n) is 3.71. The molecule has 0 unspecified atom stereocenters. The second kappa shape index (κ2) is 7.08. The summed E-state index contributed by atoms with van der Waals surface area (Å²) in [5, 5.41) is 15.3. The molecular formula is C21H13ClN4O3S. The molecule has 2 aromatic carbocycles. The molecule has 0 saturated carbocycles. The Kier molecular flexibility index (Phi) is 4.38. The molecule has 2 N–H and O–H groups in total. The number of fused-ring (bicyclic) bond motifs is 2. The summed E-state index contributed by atoms with van der Waals surface area (Å²) in [6.07, 6.45) is 1.51. The van der Waals surface area contributed by atoms with Gasteiger partial charge >= 0.3 is 5.97 Å². The maximum absolute atomic E-state index is 12.5. The maximum atomic E-state index is 12.5. The van der Waals surface area contributed by atoms with E-state index in [0.717, 1.165) is 15.8 Å². The van der Waals surface area contributed by atoms with E-state index in [-0.39, 0.29) is 23.4 Å². The van der Waals surface area contributed by atoms with Crippen LogP contribution in [-0.4, -0.2) is 30.2 Å². The van der Waals surface area contributed by atoms with Gasteiger partial charge in [-0.3, -0.25) is 4.79 Å². The molecule has 0 bridgehead atoms. The number of hydrogen-bond donors (Lipinski definition) is 2. The maximum Gasteiger partial charge on any atom is 0.353 e. The number of halogens is 1. The highest BCUT2D eigenvalue weighted by Gasteiger charge is 2.25. The van der Waals surface area contributed by atoms with Crippen molar-refractivity contribution in [3.05, 3.63) is 81.4 Å². The zero-order valence-electron chi connectivity index (χ0n) is 15.3. The predicted octanol–water partition coefficient (Wildman–Crippen LogP) is 4.40. The largest absolute Gasteiger partial charge is 0.477 e. The minimum atomic E-state index is -1.13. The van der Waals surface area contributed by atoms with Crippen LogP contribution in [0.1, 0.15) is 16.1 Å². The molecule has 0 atom stereocenters. The first-order valence-corrected chi connectivity index (χ1v) is 10.1. The van der Waals surface area contributed by atoms with Gasteiger partial charge in [0.05, 0.1) is 4.70 Å². The second-order valence-corrected chi connectivity index (χ2v) is 7.99. The number of pyridine rings is 1. The fraction of sp³-hybridized carbons (Fsp3) is 0.0476. The smallest absolute Gasteiger partial charge is 0.353 e. The molecule has 7 nitrogen and oxygen atoms in total. The molecule has 0 saturated heterocycles. The molecule has 30 heavy (non-hydrogen) atoms. The van der Waals surface area contributed by atoms with Crippen molar-refractivity contribution in [1.82, 2.24) is 19.1 Å². The third kappa shape index (κ3) is 2.97. The standard InChI is InChI=1S/C21H13ClN4O3S/c22-12-4-5-16-14(9-12)18(13-2-1-7-23-20(13)27)19(21(28)29)26(16)10-11-3-6-17-15(8-11)24-25-30-17/h1-9H,10H2,(H,23,27)(H,28,29). The second-order valence-electron chi connectivity index (χ2n) is 6.76. The number of benzene rings is 2. The van der Waals surface area contributed by atoms with E-state index in [4.69, 9.17) is 11.6 Å². The van der Waals surface area contributed by atoms with Crippen molar-refractivity contribution in [3.63, 3.8) is 0 Å². The molecule has 0 radical (unpaired) electrons. The summed E-state index contributed by atoms with van der Waals surface area (Å²) in [7, 11) is 0. The summed E-state index contributed by atoms with van der Waals surface area (Å²) in [6, 6.07) is 14.2. The molecule has 0 spiro atoms. The van der Waals surface area contributed by atoms with Crippen LogP contribution >= 0.6 is 23.1 Å². The number of nitrogens with zero attached hydrogens (tertiary/aromatic N) is 3. The normalized spacial score (nSPS) is 11.4. The SMILES string of the molecule is O=C(O)c1c(-c2ccc[nH]c2=O)c2cc(Cl)ccc2n1Cc1ccc2snnc2c1. The Morgan fingerprint density at radius 2 is 2.07 bits per heavy atom. The zero-order valence-corrected chi connectivity index (χ0v) is 16.9. The van der Waals surface area contributed by atoms with Gasteiger partial charge in [-0.2, -0.15) is 0 Å². The molecule has 0 aliphatic heterocycles. The molecule has 3 aromatic heterocycles. The third-order valence-electron chi connectivity index (χ3n) is 4.97. The van der Waals surface area contributed by atoms with E-state index in [1.165, 1.54) is 17.7 Å². The van der Waals surface area contributed by atoms with E-state index in [9.17, 15) is 14.7 Å². The molecule has 9 heteroatoms. The van der Waals surface area contributed by atoms with Crippen LogP contribution in [-0.2, 0) is 6.54 Å². The van der Waals surface area contributed by atoms with Crippen LogP contribution < -0.4 is 5.56 Å². The van der Waals surface area contributed by atoms with Gasteiger partial charge < -0.3 is 14.7 Å². The average molecular weight is 437 g/mol. The molecule has 0 amide bonds. The van der Waals surface area contributed by atoms with E-state index in [1.54, 1.807) is 34.9 Å². The quantitative estimate of drug-likeness (QED) is 0.434. The molecule has 0 aliphatic rings. The van der Waals surface area contributed by atoms with Crippen LogP contribution in [0, 0.1) is 0 Å². The lowest BCUT2D eigenvalue weighted by molar-refractivity contribution is 0.0687. The van der Waals surface area contributed by atoms with E-state index in [0.29, 0.717) is 21.5 Å². The summed E-state index contributed by atoms with van der Waals surface area (Å²) in [6.45, 7) is 0.290. The van der Waals surface area contributed by atoms with Crippen molar-refractivity contribution in [1.29, 1.82) is 0 Å². The van der Waals surface area contributed by atoms with E-state index in [1.807, 2.05) is 18.2 Å². The molecule has 3 heterocycles. The van der Waals surface area contributed by atoms with E-state index < -0.39 is 5.97 Å². The van der Waals surface area contributed by atoms with Crippen LogP contribution in [0.4, 0.5) is 0 Å². The minimum Gasteiger partial charge on any atom is -0.477 e. The number of H-pyrrole nitrogens is 1. The number of carboxylic acids is 1. The molecule has 5 aromatic rings. The Hall–Kier alpha value is -3.49. The monoisotopic (exact) mass is 436 g/mol. The van der Waals surface area contributed by atoms with Crippen molar-refractivity contribution in [2.75, 3.05) is 0 Å². The summed E-state index contributed by atoms with van der Waals surface area (Å²) in [4.78, 5) is 27.5. The Morgan fingerprint density at radius 3 is 2.87 bits per heavy atom. The lowest BCUT2D eigenvalue weighted by Gasteiger charge is -2.09. The lowest BCUT2D eigenvalue weighted by atomic mass is 10.0. The molecular weight excluding hydrogens is 424 g/mol. The van der Waals surface area contributed by atoms with Gasteiger partial charge in [0.15, 0.2) is 0 Å². The molecule has 0 aliphatic carbocycles. The van der Waals surface area contributed by atoms with Gasteiger partial charge in [0.2, 0.25) is 0 Å². The number of carboxylic acid groups (broad SMARTS) is 1. The highest BCUT2D eigenvalue weighted by atomic mass is 35.5. The van der Waals surface area contributed by atoms with Gasteiger partial charge in [-0.25, -0.2) is 4.79 Å². The molecule has 0 fully saturated rings. The number of carbonyl (C=O) groups is 1. The van der Waals surface area contributed by atoms with Gasteiger partial charge in [0.25, 0.3) is 5.56 Å². The van der Waals surface area contributed by atoms with Crippen LogP contribution in [0.2, 0.25) is 5.02 Å². The number of aromatic amines is 1. The first-order valence-electron chi connectivity index (χ1n) is 8.97. The van der Waals surface area contributed by atoms with Crippen molar-refractivity contribution in [2.45, 2.75) is 6.54 Å². The summed E-state index contributed by atoms with van der Waals surface area (Å²) >= 11 is 7.52. The number of aromatic carboxylic acids is 1. The van der Waals surface area contributed by atoms with Gasteiger partial charge in [-0.05, 0) is 59.6 Å². The van der Waals surface area contributed by atoms with Crippen LogP contribution in [0.15, 0.2) is 59.5 Å². The van der Waals surface area contributed by atoms with Gasteiger partial charge in [0.1, 0.15) is 11.2 Å². The Bertz CT molecular complexity index is 1500. The van der Waals surface area contributed by atoms with E-state index in [2.05, 4.69) is 14.6 Å². The lowest BCUT2D eigenvalue weighted by Crippen LogP contribution is -2.13.